The zero-order chi connectivity index (χ0) is 18.7. The predicted octanol–water partition coefficient (Wildman–Crippen LogP) is 2.34. The molecule has 0 saturated heterocycles. The minimum absolute atomic E-state index is 0.0424. The number of H-pyrrole nitrogens is 1. The van der Waals surface area contributed by atoms with Crippen molar-refractivity contribution in [3.63, 3.8) is 0 Å². The van der Waals surface area contributed by atoms with Gasteiger partial charge in [-0.25, -0.2) is 9.89 Å². The van der Waals surface area contributed by atoms with Crippen LogP contribution in [0.1, 0.15) is 21.6 Å². The number of ether oxygens (including phenoxy) is 1. The lowest BCUT2D eigenvalue weighted by atomic mass is 10.1. The second-order valence-electron chi connectivity index (χ2n) is 5.87. The molecule has 0 aliphatic carbocycles. The number of amides is 1. The van der Waals surface area contributed by atoms with E-state index < -0.39 is 24.0 Å². The standard InChI is InChI=1S/C19H17N3O4/c1-11-7-8-13(9-12(11)2)20-16(23)10-26-19(25)17-14-5-3-4-6-15(14)18(24)22-21-17/h3-9H,10H2,1-2H3,(H,20,23)(H,22,24). The number of nitrogens with zero attached hydrogens (tertiary/aromatic N) is 1. The summed E-state index contributed by atoms with van der Waals surface area (Å²) in [4.78, 5) is 36.0. The summed E-state index contributed by atoms with van der Waals surface area (Å²) in [6.45, 7) is 3.46. The highest BCUT2D eigenvalue weighted by Crippen LogP contribution is 2.15. The highest BCUT2D eigenvalue weighted by Gasteiger charge is 2.16. The van der Waals surface area contributed by atoms with Gasteiger partial charge in [0.25, 0.3) is 11.5 Å². The number of aromatic amines is 1. The van der Waals surface area contributed by atoms with Crippen molar-refractivity contribution < 1.29 is 14.3 Å². The molecule has 7 heteroatoms. The van der Waals surface area contributed by atoms with Crippen LogP contribution < -0.4 is 10.9 Å². The van der Waals surface area contributed by atoms with Crippen molar-refractivity contribution in [3.8, 4) is 0 Å². The molecule has 0 aliphatic rings. The molecule has 0 unspecified atom stereocenters. The molecule has 0 bridgehead atoms. The van der Waals surface area contributed by atoms with Crippen LogP contribution in [0.3, 0.4) is 0 Å². The van der Waals surface area contributed by atoms with Gasteiger partial charge in [0, 0.05) is 11.1 Å². The van der Waals surface area contributed by atoms with Gasteiger partial charge < -0.3 is 10.1 Å². The van der Waals surface area contributed by atoms with Gasteiger partial charge in [0.1, 0.15) is 0 Å². The Morgan fingerprint density at radius 3 is 2.54 bits per heavy atom. The van der Waals surface area contributed by atoms with E-state index in [0.717, 1.165) is 11.1 Å². The number of aryl methyl sites for hydroxylation is 2. The summed E-state index contributed by atoms with van der Waals surface area (Å²) >= 11 is 0. The fraction of sp³-hybridized carbons (Fsp3) is 0.158. The highest BCUT2D eigenvalue weighted by atomic mass is 16.5. The van der Waals surface area contributed by atoms with Gasteiger partial charge in [-0.3, -0.25) is 9.59 Å². The molecule has 132 valence electrons. The second kappa shape index (κ2) is 7.18. The first-order chi connectivity index (χ1) is 12.5. The molecule has 26 heavy (non-hydrogen) atoms. The van der Waals surface area contributed by atoms with Gasteiger partial charge in [-0.1, -0.05) is 24.3 Å². The molecule has 2 N–H and O–H groups in total. The number of rotatable bonds is 4. The lowest BCUT2D eigenvalue weighted by Crippen LogP contribution is -2.22. The topological polar surface area (TPSA) is 101 Å². The van der Waals surface area contributed by atoms with Crippen LogP contribution in [0.5, 0.6) is 0 Å². The van der Waals surface area contributed by atoms with E-state index >= 15 is 0 Å². The van der Waals surface area contributed by atoms with Gasteiger partial charge in [0.15, 0.2) is 12.3 Å². The average Bonchev–Trinajstić information content (AvgIpc) is 2.63. The zero-order valence-corrected chi connectivity index (χ0v) is 14.3. The maximum absolute atomic E-state index is 12.2. The van der Waals surface area contributed by atoms with Crippen LogP contribution >= 0.6 is 0 Å². The normalized spacial score (nSPS) is 10.5. The largest absolute Gasteiger partial charge is 0.451 e. The summed E-state index contributed by atoms with van der Waals surface area (Å²) in [5.41, 5.74) is 2.35. The van der Waals surface area contributed by atoms with Crippen molar-refractivity contribution >= 4 is 28.3 Å². The molecule has 3 rings (SSSR count). The third-order valence-electron chi connectivity index (χ3n) is 4.01. The van der Waals surface area contributed by atoms with Gasteiger partial charge in [-0.05, 0) is 43.2 Å². The molecule has 0 saturated carbocycles. The molecule has 0 atom stereocenters. The molecular formula is C19H17N3O4. The van der Waals surface area contributed by atoms with Crippen LogP contribution in [-0.4, -0.2) is 28.7 Å². The van der Waals surface area contributed by atoms with E-state index in [4.69, 9.17) is 4.74 Å². The summed E-state index contributed by atoms with van der Waals surface area (Å²) in [6.07, 6.45) is 0. The van der Waals surface area contributed by atoms with Crippen LogP contribution in [0.2, 0.25) is 0 Å². The number of anilines is 1. The third-order valence-corrected chi connectivity index (χ3v) is 4.01. The zero-order valence-electron chi connectivity index (χ0n) is 14.3. The maximum atomic E-state index is 12.2. The number of carbonyl (C=O) groups is 2. The predicted molar refractivity (Wildman–Crippen MR) is 97.2 cm³/mol. The summed E-state index contributed by atoms with van der Waals surface area (Å²) in [5.74, 6) is -1.25. The van der Waals surface area contributed by atoms with Gasteiger partial charge in [-0.2, -0.15) is 5.10 Å². The molecule has 0 aliphatic heterocycles. The van der Waals surface area contributed by atoms with Gasteiger partial charge in [-0.15, -0.1) is 0 Å². The van der Waals surface area contributed by atoms with Crippen LogP contribution in [-0.2, 0) is 9.53 Å². The van der Waals surface area contributed by atoms with E-state index in [1.165, 1.54) is 0 Å². The minimum atomic E-state index is -0.785. The van der Waals surface area contributed by atoms with Crippen LogP contribution in [0.25, 0.3) is 10.8 Å². The molecule has 1 heterocycles. The van der Waals surface area contributed by atoms with E-state index in [-0.39, 0.29) is 5.69 Å². The van der Waals surface area contributed by atoms with Crippen molar-refractivity contribution in [1.82, 2.24) is 10.2 Å². The summed E-state index contributed by atoms with van der Waals surface area (Å²) in [6, 6.07) is 12.1. The molecule has 0 spiro atoms. The number of esters is 1. The van der Waals surface area contributed by atoms with E-state index in [9.17, 15) is 14.4 Å². The second-order valence-corrected chi connectivity index (χ2v) is 5.87. The number of carbonyl (C=O) groups excluding carboxylic acids is 2. The molecule has 1 aromatic heterocycles. The monoisotopic (exact) mass is 351 g/mol. The van der Waals surface area contributed by atoms with Crippen LogP contribution in [0, 0.1) is 13.8 Å². The highest BCUT2D eigenvalue weighted by molar-refractivity contribution is 6.03. The lowest BCUT2D eigenvalue weighted by molar-refractivity contribution is -0.119. The van der Waals surface area contributed by atoms with Crippen molar-refractivity contribution in [2.45, 2.75) is 13.8 Å². The molecule has 0 fully saturated rings. The van der Waals surface area contributed by atoms with E-state index in [2.05, 4.69) is 15.5 Å². The van der Waals surface area contributed by atoms with E-state index in [1.54, 1.807) is 30.3 Å². The first-order valence-corrected chi connectivity index (χ1v) is 7.97. The quantitative estimate of drug-likeness (QED) is 0.703. The van der Waals surface area contributed by atoms with Crippen molar-refractivity contribution in [2.24, 2.45) is 0 Å². The van der Waals surface area contributed by atoms with Crippen molar-refractivity contribution in [2.75, 3.05) is 11.9 Å². The van der Waals surface area contributed by atoms with Crippen molar-refractivity contribution in [3.05, 3.63) is 69.6 Å². The fourth-order valence-corrected chi connectivity index (χ4v) is 2.49. The Morgan fingerprint density at radius 1 is 1.08 bits per heavy atom. The Morgan fingerprint density at radius 2 is 1.81 bits per heavy atom. The fourth-order valence-electron chi connectivity index (χ4n) is 2.49. The third kappa shape index (κ3) is 3.61. The SMILES string of the molecule is Cc1ccc(NC(=O)COC(=O)c2n[nH]c(=O)c3ccccc23)cc1C. The maximum Gasteiger partial charge on any atom is 0.359 e. The van der Waals surface area contributed by atoms with Crippen molar-refractivity contribution in [1.29, 1.82) is 0 Å². The van der Waals surface area contributed by atoms with Crippen LogP contribution in [0.4, 0.5) is 5.69 Å². The number of hydrogen-bond acceptors (Lipinski definition) is 5. The number of fused-ring (bicyclic) bond motifs is 1. The first-order valence-electron chi connectivity index (χ1n) is 7.97. The molecule has 7 nitrogen and oxygen atoms in total. The van der Waals surface area contributed by atoms with Gasteiger partial charge >= 0.3 is 5.97 Å². The lowest BCUT2D eigenvalue weighted by Gasteiger charge is -2.09. The Labute approximate surface area is 149 Å². The summed E-state index contributed by atoms with van der Waals surface area (Å²) in [5, 5.41) is 9.37. The Kier molecular flexibility index (Phi) is 4.79. The number of benzene rings is 2. The van der Waals surface area contributed by atoms with Gasteiger partial charge in [0.05, 0.1) is 5.39 Å². The smallest absolute Gasteiger partial charge is 0.359 e. The van der Waals surface area contributed by atoms with E-state index in [1.807, 2.05) is 26.0 Å². The van der Waals surface area contributed by atoms with E-state index in [0.29, 0.717) is 16.5 Å². The number of aromatic nitrogens is 2. The first kappa shape index (κ1) is 17.3. The Bertz CT molecular complexity index is 1060. The minimum Gasteiger partial charge on any atom is -0.451 e. The number of hydrogen-bond donors (Lipinski definition) is 2. The molecule has 2 aromatic carbocycles. The molecule has 0 radical (unpaired) electrons. The molecule has 3 aromatic rings. The molecular weight excluding hydrogens is 334 g/mol. The number of nitrogens with one attached hydrogen (secondary N) is 2. The average molecular weight is 351 g/mol. The Balaban J connectivity index is 1.69. The molecule has 1 amide bonds. The van der Waals surface area contributed by atoms with Gasteiger partial charge in [0.2, 0.25) is 0 Å². The Hall–Kier alpha value is -3.48. The van der Waals surface area contributed by atoms with Crippen LogP contribution in [0.15, 0.2) is 47.3 Å². The summed E-state index contributed by atoms with van der Waals surface area (Å²) in [7, 11) is 0. The summed E-state index contributed by atoms with van der Waals surface area (Å²) < 4.78 is 5.03.